The van der Waals surface area contributed by atoms with Crippen LogP contribution in [0, 0.1) is 13.8 Å². The first-order valence-corrected chi connectivity index (χ1v) is 16.3. The van der Waals surface area contributed by atoms with Gasteiger partial charge in [0.15, 0.2) is 0 Å². The largest absolute Gasteiger partial charge is 0.354 e. The highest BCUT2D eigenvalue weighted by Gasteiger charge is 2.35. The molecule has 8 nitrogen and oxygen atoms in total. The summed E-state index contributed by atoms with van der Waals surface area (Å²) in [5.41, 5.74) is 3.71. The summed E-state index contributed by atoms with van der Waals surface area (Å²) in [6.07, 6.45) is 2.00. The van der Waals surface area contributed by atoms with Gasteiger partial charge in [-0.3, -0.25) is 9.59 Å². The molecule has 0 saturated heterocycles. The third kappa shape index (κ3) is 8.89. The lowest BCUT2D eigenvalue weighted by Gasteiger charge is -2.35. The topological polar surface area (TPSA) is 90.0 Å². The maximum absolute atomic E-state index is 14.4. The third-order valence-corrected chi connectivity index (χ3v) is 9.29. The molecule has 42 heavy (non-hydrogen) atoms. The standard InChI is InChI=1S/C32H41BrN4O4S/c1-6-7-18-34-32(39)30(21-26-12-9-8-10-13-26)36(22-27-14-11-15-28(33)20-27)31(38)23-37(42(40,41)35(4)5)29-19-24(2)16-17-25(29)3/h8-17,19-20,30H,6-7,18,21-23H2,1-5H3,(H,34,39)/t30-/m0/s1. The highest BCUT2D eigenvalue weighted by molar-refractivity contribution is 9.10. The van der Waals surface area contributed by atoms with Gasteiger partial charge in [-0.2, -0.15) is 12.7 Å². The zero-order valence-electron chi connectivity index (χ0n) is 25.0. The number of aryl methyl sites for hydroxylation is 2. The van der Waals surface area contributed by atoms with Crippen molar-refractivity contribution in [2.45, 2.75) is 52.6 Å². The molecule has 0 heterocycles. The molecule has 0 fully saturated rings. The molecule has 0 aliphatic rings. The average molecular weight is 658 g/mol. The summed E-state index contributed by atoms with van der Waals surface area (Å²) < 4.78 is 30.3. The first kappa shape index (κ1) is 33.3. The van der Waals surface area contributed by atoms with Crippen LogP contribution in [0.4, 0.5) is 5.69 Å². The van der Waals surface area contributed by atoms with Crippen molar-refractivity contribution in [2.24, 2.45) is 0 Å². The van der Waals surface area contributed by atoms with Crippen molar-refractivity contribution in [1.29, 1.82) is 0 Å². The number of halogens is 1. The number of hydrogen-bond acceptors (Lipinski definition) is 4. The fourth-order valence-corrected chi connectivity index (χ4v) is 6.14. The molecule has 10 heteroatoms. The number of nitrogens with zero attached hydrogens (tertiary/aromatic N) is 3. The van der Waals surface area contributed by atoms with Gasteiger partial charge in [-0.05, 0) is 60.7 Å². The van der Waals surface area contributed by atoms with Crippen LogP contribution in [0.3, 0.4) is 0 Å². The lowest BCUT2D eigenvalue weighted by Crippen LogP contribution is -2.54. The summed E-state index contributed by atoms with van der Waals surface area (Å²) in [4.78, 5) is 29.6. The van der Waals surface area contributed by atoms with Gasteiger partial charge < -0.3 is 10.2 Å². The highest BCUT2D eigenvalue weighted by Crippen LogP contribution is 2.26. The van der Waals surface area contributed by atoms with Crippen molar-refractivity contribution >= 4 is 43.6 Å². The molecule has 1 N–H and O–H groups in total. The lowest BCUT2D eigenvalue weighted by atomic mass is 10.0. The van der Waals surface area contributed by atoms with Gasteiger partial charge in [-0.1, -0.05) is 83.9 Å². The van der Waals surface area contributed by atoms with E-state index >= 15 is 0 Å². The summed E-state index contributed by atoms with van der Waals surface area (Å²) >= 11 is 3.50. The highest BCUT2D eigenvalue weighted by atomic mass is 79.9. The molecule has 0 aromatic heterocycles. The minimum atomic E-state index is -4.05. The van der Waals surface area contributed by atoms with E-state index in [1.54, 1.807) is 6.07 Å². The minimum Gasteiger partial charge on any atom is -0.354 e. The molecular weight excluding hydrogens is 616 g/mol. The smallest absolute Gasteiger partial charge is 0.304 e. The summed E-state index contributed by atoms with van der Waals surface area (Å²) in [5, 5.41) is 3.00. The number of amides is 2. The van der Waals surface area contributed by atoms with Crippen LogP contribution < -0.4 is 9.62 Å². The van der Waals surface area contributed by atoms with Crippen LogP contribution in [-0.2, 0) is 32.8 Å². The predicted octanol–water partition coefficient (Wildman–Crippen LogP) is 5.24. The van der Waals surface area contributed by atoms with Crippen LogP contribution in [0.2, 0.25) is 0 Å². The van der Waals surface area contributed by atoms with E-state index < -0.39 is 28.7 Å². The Morgan fingerprint density at radius 3 is 2.26 bits per heavy atom. The molecular formula is C32H41BrN4O4S. The minimum absolute atomic E-state index is 0.125. The third-order valence-electron chi connectivity index (χ3n) is 6.99. The number of nitrogens with one attached hydrogen (secondary N) is 1. The second-order valence-corrected chi connectivity index (χ2v) is 13.6. The van der Waals surface area contributed by atoms with E-state index in [0.717, 1.165) is 48.2 Å². The zero-order valence-corrected chi connectivity index (χ0v) is 27.4. The summed E-state index contributed by atoms with van der Waals surface area (Å²) in [7, 11) is -1.17. The van der Waals surface area contributed by atoms with Gasteiger partial charge in [0.2, 0.25) is 11.8 Å². The molecule has 3 rings (SSSR count). The van der Waals surface area contributed by atoms with Crippen molar-refractivity contribution in [1.82, 2.24) is 14.5 Å². The van der Waals surface area contributed by atoms with Crippen LogP contribution in [0.1, 0.15) is 42.0 Å². The first-order valence-electron chi connectivity index (χ1n) is 14.1. The van der Waals surface area contributed by atoms with Crippen molar-refractivity contribution in [3.63, 3.8) is 0 Å². The number of rotatable bonds is 14. The summed E-state index contributed by atoms with van der Waals surface area (Å²) in [5.74, 6) is -0.753. The van der Waals surface area contributed by atoms with Gasteiger partial charge in [0.05, 0.1) is 5.69 Å². The Morgan fingerprint density at radius 1 is 0.929 bits per heavy atom. The Kier molecular flexibility index (Phi) is 12.1. The molecule has 0 unspecified atom stereocenters. The fraction of sp³-hybridized carbons (Fsp3) is 0.375. The maximum atomic E-state index is 14.4. The molecule has 2 amide bonds. The molecule has 0 aliphatic heterocycles. The fourth-order valence-electron chi connectivity index (χ4n) is 4.58. The van der Waals surface area contributed by atoms with Crippen LogP contribution in [-0.4, -0.2) is 62.7 Å². The zero-order chi connectivity index (χ0) is 30.9. The van der Waals surface area contributed by atoms with E-state index in [2.05, 4.69) is 21.2 Å². The van der Waals surface area contributed by atoms with Crippen LogP contribution in [0.15, 0.2) is 77.3 Å². The Labute approximate surface area is 259 Å². The normalized spacial score (nSPS) is 12.2. The molecule has 0 spiro atoms. The van der Waals surface area contributed by atoms with Crippen LogP contribution >= 0.6 is 15.9 Å². The number of carbonyl (C=O) groups excluding carboxylic acids is 2. The Bertz CT molecular complexity index is 1460. The van der Waals surface area contributed by atoms with Crippen LogP contribution in [0.25, 0.3) is 0 Å². The van der Waals surface area contributed by atoms with E-state index in [4.69, 9.17) is 0 Å². The molecule has 0 radical (unpaired) electrons. The Balaban J connectivity index is 2.11. The molecule has 0 bridgehead atoms. The Hall–Kier alpha value is -3.21. The quantitative estimate of drug-likeness (QED) is 0.241. The summed E-state index contributed by atoms with van der Waals surface area (Å²) in [6, 6.07) is 21.7. The van der Waals surface area contributed by atoms with Gasteiger partial charge in [0.1, 0.15) is 12.6 Å². The van der Waals surface area contributed by atoms with E-state index in [9.17, 15) is 18.0 Å². The van der Waals surface area contributed by atoms with Gasteiger partial charge >= 0.3 is 10.2 Å². The maximum Gasteiger partial charge on any atom is 0.304 e. The number of unbranched alkanes of at least 4 members (excludes halogenated alkanes) is 1. The molecule has 1 atom stereocenters. The number of benzene rings is 3. The SMILES string of the molecule is CCCCNC(=O)[C@H](Cc1ccccc1)N(Cc1cccc(Br)c1)C(=O)CN(c1cc(C)ccc1C)S(=O)(=O)N(C)C. The summed E-state index contributed by atoms with van der Waals surface area (Å²) in [6.45, 7) is 5.89. The van der Waals surface area contributed by atoms with Crippen molar-refractivity contribution in [2.75, 3.05) is 31.5 Å². The lowest BCUT2D eigenvalue weighted by molar-refractivity contribution is -0.140. The molecule has 0 saturated carbocycles. The Morgan fingerprint density at radius 2 is 1.62 bits per heavy atom. The van der Waals surface area contributed by atoms with Gasteiger partial charge in [0, 0.05) is 38.1 Å². The second kappa shape index (κ2) is 15.3. The number of anilines is 1. The van der Waals surface area contributed by atoms with Crippen LogP contribution in [0.5, 0.6) is 0 Å². The average Bonchev–Trinajstić information content (AvgIpc) is 2.95. The number of hydrogen-bond donors (Lipinski definition) is 1. The first-order chi connectivity index (χ1) is 19.9. The molecule has 3 aromatic rings. The number of carbonyl (C=O) groups is 2. The van der Waals surface area contributed by atoms with E-state index in [1.165, 1.54) is 19.0 Å². The molecule has 226 valence electrons. The van der Waals surface area contributed by atoms with Crippen molar-refractivity contribution in [3.05, 3.63) is 99.5 Å². The van der Waals surface area contributed by atoms with E-state index in [1.807, 2.05) is 87.5 Å². The second-order valence-electron chi connectivity index (χ2n) is 10.6. The molecule has 3 aromatic carbocycles. The van der Waals surface area contributed by atoms with Crippen molar-refractivity contribution < 1.29 is 18.0 Å². The van der Waals surface area contributed by atoms with Gasteiger partial charge in [-0.25, -0.2) is 4.31 Å². The van der Waals surface area contributed by atoms with E-state index in [-0.39, 0.29) is 18.9 Å². The van der Waals surface area contributed by atoms with E-state index in [0.29, 0.717) is 12.2 Å². The monoisotopic (exact) mass is 656 g/mol. The van der Waals surface area contributed by atoms with Gasteiger partial charge in [-0.15, -0.1) is 0 Å². The van der Waals surface area contributed by atoms with Crippen molar-refractivity contribution in [3.8, 4) is 0 Å². The molecule has 0 aliphatic carbocycles. The predicted molar refractivity (Wildman–Crippen MR) is 172 cm³/mol. The van der Waals surface area contributed by atoms with Gasteiger partial charge in [0.25, 0.3) is 0 Å².